The first-order valence-electron chi connectivity index (χ1n) is 7.84. The number of aliphatic carboxylic acids is 1. The minimum absolute atomic E-state index is 0.333. The van der Waals surface area contributed by atoms with E-state index in [0.717, 1.165) is 42.0 Å². The van der Waals surface area contributed by atoms with E-state index in [1.165, 1.54) is 0 Å². The number of ether oxygens (including phenoxy) is 1. The van der Waals surface area contributed by atoms with E-state index in [9.17, 15) is 13.2 Å². The van der Waals surface area contributed by atoms with Gasteiger partial charge in [0.15, 0.2) is 0 Å². The van der Waals surface area contributed by atoms with Gasteiger partial charge in [0, 0.05) is 35.9 Å². The second-order valence-corrected chi connectivity index (χ2v) is 6.52. The molecule has 0 spiro atoms. The number of nitrogens with one attached hydrogen (secondary N) is 1. The van der Waals surface area contributed by atoms with Gasteiger partial charge in [0.05, 0.1) is 31.1 Å². The molecule has 0 amide bonds. The molecule has 0 bridgehead atoms. The van der Waals surface area contributed by atoms with Crippen LogP contribution in [0.1, 0.15) is 11.4 Å². The van der Waals surface area contributed by atoms with Gasteiger partial charge in [0.2, 0.25) is 0 Å². The van der Waals surface area contributed by atoms with E-state index in [2.05, 4.69) is 36.5 Å². The summed E-state index contributed by atoms with van der Waals surface area (Å²) in [4.78, 5) is 13.2. The van der Waals surface area contributed by atoms with Gasteiger partial charge in [-0.2, -0.15) is 13.2 Å². The van der Waals surface area contributed by atoms with Crippen molar-refractivity contribution < 1.29 is 27.8 Å². The molecule has 2 aromatic heterocycles. The normalized spacial score (nSPS) is 17.1. The summed E-state index contributed by atoms with van der Waals surface area (Å²) < 4.78 is 40.0. The van der Waals surface area contributed by atoms with Crippen LogP contribution in [0.5, 0.6) is 0 Å². The van der Waals surface area contributed by atoms with Gasteiger partial charge in [0.25, 0.3) is 0 Å². The third kappa shape index (κ3) is 7.61. The molecule has 27 heavy (non-hydrogen) atoms. The van der Waals surface area contributed by atoms with Crippen LogP contribution < -0.4 is 5.32 Å². The lowest BCUT2D eigenvalue weighted by Gasteiger charge is -2.22. The fourth-order valence-electron chi connectivity index (χ4n) is 2.18. The molecule has 3 heterocycles. The van der Waals surface area contributed by atoms with E-state index in [4.69, 9.17) is 14.6 Å². The minimum atomic E-state index is -5.08. The van der Waals surface area contributed by atoms with E-state index in [1.54, 1.807) is 6.20 Å². The molecule has 2 N–H and O–H groups in total. The average Bonchev–Trinajstić information content (AvgIpc) is 3.04. The molecule has 0 radical (unpaired) electrons. The number of aromatic nitrogens is 4. The van der Waals surface area contributed by atoms with Crippen molar-refractivity contribution in [3.05, 3.63) is 40.4 Å². The number of halogens is 4. The number of rotatable bonds is 4. The molecular formula is C15H17BrF3N5O3. The summed E-state index contributed by atoms with van der Waals surface area (Å²) in [6, 6.07) is 4.28. The highest BCUT2D eigenvalue weighted by Crippen LogP contribution is 2.13. The smallest absolute Gasteiger partial charge is 0.475 e. The molecule has 0 saturated carbocycles. The Morgan fingerprint density at radius 2 is 2.15 bits per heavy atom. The number of nitrogens with zero attached hydrogens (tertiary/aromatic N) is 4. The summed E-state index contributed by atoms with van der Waals surface area (Å²) in [5, 5.41) is 18.9. The van der Waals surface area contributed by atoms with Crippen molar-refractivity contribution in [2.24, 2.45) is 0 Å². The lowest BCUT2D eigenvalue weighted by Crippen LogP contribution is -2.42. The van der Waals surface area contributed by atoms with Crippen molar-refractivity contribution in [1.29, 1.82) is 0 Å². The van der Waals surface area contributed by atoms with Gasteiger partial charge in [-0.25, -0.2) is 9.48 Å². The molecule has 148 valence electrons. The van der Waals surface area contributed by atoms with Crippen molar-refractivity contribution >= 4 is 21.9 Å². The Morgan fingerprint density at radius 1 is 1.41 bits per heavy atom. The van der Waals surface area contributed by atoms with E-state index in [-0.39, 0.29) is 0 Å². The summed E-state index contributed by atoms with van der Waals surface area (Å²) >= 11 is 3.37. The van der Waals surface area contributed by atoms with Crippen molar-refractivity contribution in [2.75, 3.05) is 19.8 Å². The fraction of sp³-hybridized carbons (Fsp3) is 0.467. The van der Waals surface area contributed by atoms with E-state index < -0.39 is 12.1 Å². The van der Waals surface area contributed by atoms with Gasteiger partial charge in [0.1, 0.15) is 0 Å². The van der Waals surface area contributed by atoms with Crippen LogP contribution in [-0.4, -0.2) is 63.0 Å². The van der Waals surface area contributed by atoms with Gasteiger partial charge in [-0.15, -0.1) is 5.10 Å². The number of carboxylic acid groups (broad SMARTS) is 1. The van der Waals surface area contributed by atoms with Gasteiger partial charge in [-0.05, 0) is 28.1 Å². The Labute approximate surface area is 160 Å². The summed E-state index contributed by atoms with van der Waals surface area (Å²) in [5.41, 5.74) is 1.94. The molecule has 1 unspecified atom stereocenters. The zero-order valence-corrected chi connectivity index (χ0v) is 15.6. The summed E-state index contributed by atoms with van der Waals surface area (Å²) in [7, 11) is 0. The van der Waals surface area contributed by atoms with Crippen LogP contribution in [0.3, 0.4) is 0 Å². The molecular weight excluding hydrogens is 435 g/mol. The van der Waals surface area contributed by atoms with Crippen LogP contribution in [0, 0.1) is 0 Å². The summed E-state index contributed by atoms with van der Waals surface area (Å²) in [6.45, 7) is 3.07. The molecule has 1 fully saturated rings. The monoisotopic (exact) mass is 451 g/mol. The standard InChI is InChI=1S/C13H16BrN5O.C2HF3O2/c14-10-1-2-11(16-6-10)7-19-8-12(17-18-19)5-13-9-20-4-3-15-13;3-2(4,5)1(6)7/h1-2,6,8,13,15H,3-5,7,9H2;(H,6,7). The van der Waals surface area contributed by atoms with Crippen molar-refractivity contribution in [2.45, 2.75) is 25.2 Å². The molecule has 12 heteroatoms. The molecule has 0 aromatic carbocycles. The molecule has 1 aliphatic rings. The van der Waals surface area contributed by atoms with Gasteiger partial charge >= 0.3 is 12.1 Å². The largest absolute Gasteiger partial charge is 0.490 e. The van der Waals surface area contributed by atoms with Gasteiger partial charge in [-0.3, -0.25) is 4.98 Å². The first kappa shape index (κ1) is 21.3. The average molecular weight is 452 g/mol. The van der Waals surface area contributed by atoms with Crippen LogP contribution >= 0.6 is 15.9 Å². The third-order valence-electron chi connectivity index (χ3n) is 3.40. The Hall–Kier alpha value is -2.05. The SMILES string of the molecule is Brc1ccc(Cn2cc(CC3COCCN3)nn2)nc1.O=C(O)C(F)(F)F. The maximum Gasteiger partial charge on any atom is 0.490 e. The predicted octanol–water partition coefficient (Wildman–Crippen LogP) is 1.65. The van der Waals surface area contributed by atoms with Crippen LogP contribution in [0.4, 0.5) is 13.2 Å². The lowest BCUT2D eigenvalue weighted by atomic mass is 10.1. The highest BCUT2D eigenvalue weighted by molar-refractivity contribution is 9.10. The van der Waals surface area contributed by atoms with Crippen LogP contribution in [0.25, 0.3) is 0 Å². The Bertz CT molecular complexity index is 733. The second-order valence-electron chi connectivity index (χ2n) is 5.61. The van der Waals surface area contributed by atoms with E-state index in [0.29, 0.717) is 12.6 Å². The quantitative estimate of drug-likeness (QED) is 0.728. The molecule has 8 nitrogen and oxygen atoms in total. The molecule has 0 aliphatic carbocycles. The number of pyridine rings is 1. The number of hydrogen-bond acceptors (Lipinski definition) is 6. The van der Waals surface area contributed by atoms with Crippen molar-refractivity contribution in [3.63, 3.8) is 0 Å². The summed E-state index contributed by atoms with van der Waals surface area (Å²) in [6.07, 6.45) is -0.482. The third-order valence-corrected chi connectivity index (χ3v) is 3.86. The molecule has 3 rings (SSSR count). The first-order chi connectivity index (χ1) is 12.7. The number of carbonyl (C=O) groups is 1. The first-order valence-corrected chi connectivity index (χ1v) is 8.64. The number of carboxylic acids is 1. The van der Waals surface area contributed by atoms with Crippen LogP contribution in [0.2, 0.25) is 0 Å². The Balaban J connectivity index is 0.000000321. The Kier molecular flexibility index (Phi) is 7.68. The molecule has 1 saturated heterocycles. The summed E-state index contributed by atoms with van der Waals surface area (Å²) in [5.74, 6) is -2.76. The highest BCUT2D eigenvalue weighted by atomic mass is 79.9. The predicted molar refractivity (Wildman–Crippen MR) is 91.1 cm³/mol. The van der Waals surface area contributed by atoms with Gasteiger partial charge < -0.3 is 15.2 Å². The fourth-order valence-corrected chi connectivity index (χ4v) is 2.41. The van der Waals surface area contributed by atoms with Crippen LogP contribution in [-0.2, 0) is 22.5 Å². The van der Waals surface area contributed by atoms with E-state index >= 15 is 0 Å². The van der Waals surface area contributed by atoms with Crippen LogP contribution in [0.15, 0.2) is 29.0 Å². The Morgan fingerprint density at radius 3 is 2.70 bits per heavy atom. The maximum atomic E-state index is 10.6. The molecule has 1 aliphatic heterocycles. The highest BCUT2D eigenvalue weighted by Gasteiger charge is 2.38. The number of hydrogen-bond donors (Lipinski definition) is 2. The van der Waals surface area contributed by atoms with Crippen molar-refractivity contribution in [3.8, 4) is 0 Å². The maximum absolute atomic E-state index is 10.6. The second kappa shape index (κ2) is 9.76. The lowest BCUT2D eigenvalue weighted by molar-refractivity contribution is -0.192. The van der Waals surface area contributed by atoms with Crippen molar-refractivity contribution in [1.82, 2.24) is 25.3 Å². The molecule has 2 aromatic rings. The minimum Gasteiger partial charge on any atom is -0.475 e. The topological polar surface area (TPSA) is 102 Å². The van der Waals surface area contributed by atoms with Gasteiger partial charge in [-0.1, -0.05) is 5.21 Å². The molecule has 1 atom stereocenters. The number of alkyl halides is 3. The number of morpholine rings is 1. The van der Waals surface area contributed by atoms with E-state index in [1.807, 2.05) is 23.0 Å². The zero-order valence-electron chi connectivity index (χ0n) is 14.0. The zero-order chi connectivity index (χ0) is 19.9.